The van der Waals surface area contributed by atoms with Crippen LogP contribution in [0, 0.1) is 0 Å². The number of carbonyl (C=O) groups excluding carboxylic acids is 2. The first-order valence-electron chi connectivity index (χ1n) is 6.44. The monoisotopic (exact) mass is 280 g/mol. The van der Waals surface area contributed by atoms with Gasteiger partial charge in [-0.1, -0.05) is 23.7 Å². The van der Waals surface area contributed by atoms with E-state index in [2.05, 4.69) is 5.32 Å². The lowest BCUT2D eigenvalue weighted by molar-refractivity contribution is -0.133. The summed E-state index contributed by atoms with van der Waals surface area (Å²) >= 11 is 5.88. The van der Waals surface area contributed by atoms with Crippen LogP contribution in [0.25, 0.3) is 0 Å². The van der Waals surface area contributed by atoms with E-state index in [4.69, 9.17) is 11.6 Å². The van der Waals surface area contributed by atoms with Crippen molar-refractivity contribution in [1.82, 2.24) is 10.2 Å². The lowest BCUT2D eigenvalue weighted by atomic mass is 10.1. The molecule has 102 valence electrons. The number of nitrogens with zero attached hydrogens (tertiary/aromatic N) is 1. The van der Waals surface area contributed by atoms with Crippen LogP contribution in [0.15, 0.2) is 24.3 Å². The summed E-state index contributed by atoms with van der Waals surface area (Å²) in [6, 6.07) is 7.57. The highest BCUT2D eigenvalue weighted by atomic mass is 35.5. The van der Waals surface area contributed by atoms with Crippen LogP contribution in [-0.4, -0.2) is 36.3 Å². The maximum Gasteiger partial charge on any atom is 0.239 e. The van der Waals surface area contributed by atoms with Crippen molar-refractivity contribution in [2.24, 2.45) is 0 Å². The summed E-state index contributed by atoms with van der Waals surface area (Å²) in [4.78, 5) is 24.7. The zero-order valence-corrected chi connectivity index (χ0v) is 11.4. The average Bonchev–Trinajstić information content (AvgIpc) is 2.75. The van der Waals surface area contributed by atoms with Crippen LogP contribution in [0.3, 0.4) is 0 Å². The zero-order valence-electron chi connectivity index (χ0n) is 10.7. The highest BCUT2D eigenvalue weighted by Gasteiger charge is 2.21. The topological polar surface area (TPSA) is 49.4 Å². The molecule has 5 heteroatoms. The Bertz CT molecular complexity index is 476. The summed E-state index contributed by atoms with van der Waals surface area (Å²) in [7, 11) is 0. The minimum absolute atomic E-state index is 0.0741. The SMILES string of the molecule is O=C(CN1CCCC1=O)NCCc1cccc(Cl)c1. The molecule has 0 spiro atoms. The van der Waals surface area contributed by atoms with E-state index < -0.39 is 0 Å². The van der Waals surface area contributed by atoms with Crippen molar-refractivity contribution in [1.29, 1.82) is 0 Å². The maximum atomic E-state index is 11.7. The third-order valence-electron chi connectivity index (χ3n) is 3.13. The summed E-state index contributed by atoms with van der Waals surface area (Å²) in [6.45, 7) is 1.43. The zero-order chi connectivity index (χ0) is 13.7. The van der Waals surface area contributed by atoms with Crippen LogP contribution in [0.5, 0.6) is 0 Å². The van der Waals surface area contributed by atoms with Gasteiger partial charge in [-0.2, -0.15) is 0 Å². The summed E-state index contributed by atoms with van der Waals surface area (Å²) in [6.07, 6.45) is 2.16. The van der Waals surface area contributed by atoms with Crippen LogP contribution in [0.2, 0.25) is 5.02 Å². The summed E-state index contributed by atoms with van der Waals surface area (Å²) < 4.78 is 0. The van der Waals surface area contributed by atoms with Crippen molar-refractivity contribution in [2.75, 3.05) is 19.6 Å². The van der Waals surface area contributed by atoms with Gasteiger partial charge in [0.25, 0.3) is 0 Å². The minimum Gasteiger partial charge on any atom is -0.354 e. The number of hydrogen-bond acceptors (Lipinski definition) is 2. The Balaban J connectivity index is 1.70. The molecular formula is C14H17ClN2O2. The predicted molar refractivity (Wildman–Crippen MR) is 74.0 cm³/mol. The van der Waals surface area contributed by atoms with Gasteiger partial charge in [0.05, 0.1) is 6.54 Å². The van der Waals surface area contributed by atoms with Crippen molar-refractivity contribution in [2.45, 2.75) is 19.3 Å². The quantitative estimate of drug-likeness (QED) is 0.891. The van der Waals surface area contributed by atoms with Gasteiger partial charge in [-0.05, 0) is 30.5 Å². The van der Waals surface area contributed by atoms with E-state index in [0.717, 1.165) is 18.4 Å². The molecule has 1 heterocycles. The van der Waals surface area contributed by atoms with Gasteiger partial charge in [0.2, 0.25) is 11.8 Å². The van der Waals surface area contributed by atoms with Crippen LogP contribution in [-0.2, 0) is 16.0 Å². The van der Waals surface area contributed by atoms with E-state index in [1.807, 2.05) is 24.3 Å². The molecule has 0 aromatic heterocycles. The van der Waals surface area contributed by atoms with Crippen LogP contribution in [0.4, 0.5) is 0 Å². The Morgan fingerprint density at radius 1 is 1.42 bits per heavy atom. The third kappa shape index (κ3) is 4.24. The van der Waals surface area contributed by atoms with E-state index in [1.54, 1.807) is 4.90 Å². The number of nitrogens with one attached hydrogen (secondary N) is 1. The molecule has 1 aromatic rings. The Labute approximate surface area is 117 Å². The first-order chi connectivity index (χ1) is 9.15. The van der Waals surface area contributed by atoms with E-state index in [0.29, 0.717) is 24.5 Å². The predicted octanol–water partition coefficient (Wildman–Crippen LogP) is 1.62. The van der Waals surface area contributed by atoms with Crippen molar-refractivity contribution in [3.8, 4) is 0 Å². The molecule has 0 aliphatic carbocycles. The summed E-state index contributed by atoms with van der Waals surface area (Å²) in [5, 5.41) is 3.52. The molecule has 1 aliphatic heterocycles. The second-order valence-corrected chi connectivity index (χ2v) is 5.09. The molecule has 1 aromatic carbocycles. The third-order valence-corrected chi connectivity index (χ3v) is 3.37. The lowest BCUT2D eigenvalue weighted by Crippen LogP contribution is -2.38. The van der Waals surface area contributed by atoms with E-state index in [9.17, 15) is 9.59 Å². The first-order valence-corrected chi connectivity index (χ1v) is 6.82. The highest BCUT2D eigenvalue weighted by Crippen LogP contribution is 2.11. The fourth-order valence-corrected chi connectivity index (χ4v) is 2.35. The smallest absolute Gasteiger partial charge is 0.239 e. The summed E-state index contributed by atoms with van der Waals surface area (Å²) in [5.41, 5.74) is 1.09. The number of hydrogen-bond donors (Lipinski definition) is 1. The number of amides is 2. The molecule has 1 fully saturated rings. The molecule has 0 saturated carbocycles. The van der Waals surface area contributed by atoms with Gasteiger partial charge >= 0.3 is 0 Å². The second kappa shape index (κ2) is 6.57. The molecule has 0 bridgehead atoms. The fraction of sp³-hybridized carbons (Fsp3) is 0.429. The molecule has 4 nitrogen and oxygen atoms in total. The molecular weight excluding hydrogens is 264 g/mol. The molecule has 2 amide bonds. The Morgan fingerprint density at radius 3 is 2.95 bits per heavy atom. The molecule has 2 rings (SSSR count). The number of halogens is 1. The highest BCUT2D eigenvalue weighted by molar-refractivity contribution is 6.30. The van der Waals surface area contributed by atoms with Gasteiger partial charge < -0.3 is 10.2 Å². The summed E-state index contributed by atoms with van der Waals surface area (Å²) in [5.74, 6) is -0.0257. The van der Waals surface area contributed by atoms with E-state index in [1.165, 1.54) is 0 Å². The molecule has 0 radical (unpaired) electrons. The Kier molecular flexibility index (Phi) is 4.80. The van der Waals surface area contributed by atoms with E-state index in [-0.39, 0.29) is 18.4 Å². The Hall–Kier alpha value is -1.55. The largest absolute Gasteiger partial charge is 0.354 e. The Morgan fingerprint density at radius 2 is 2.26 bits per heavy atom. The molecule has 1 N–H and O–H groups in total. The van der Waals surface area contributed by atoms with Gasteiger partial charge in [0.1, 0.15) is 0 Å². The second-order valence-electron chi connectivity index (χ2n) is 4.65. The molecule has 19 heavy (non-hydrogen) atoms. The lowest BCUT2D eigenvalue weighted by Gasteiger charge is -2.14. The number of benzene rings is 1. The van der Waals surface area contributed by atoms with Crippen molar-refractivity contribution in [3.05, 3.63) is 34.9 Å². The van der Waals surface area contributed by atoms with Crippen LogP contribution >= 0.6 is 11.6 Å². The number of likely N-dealkylation sites (tertiary alicyclic amines) is 1. The standard InChI is InChI=1S/C14H17ClN2O2/c15-12-4-1-3-11(9-12)6-7-16-13(18)10-17-8-2-5-14(17)19/h1,3-4,9H,2,5-8,10H2,(H,16,18). The molecule has 1 aliphatic rings. The van der Waals surface area contributed by atoms with Crippen molar-refractivity contribution in [3.63, 3.8) is 0 Å². The van der Waals surface area contributed by atoms with Crippen LogP contribution in [0.1, 0.15) is 18.4 Å². The molecule has 0 atom stereocenters. The number of rotatable bonds is 5. The van der Waals surface area contributed by atoms with E-state index >= 15 is 0 Å². The maximum absolute atomic E-state index is 11.7. The van der Waals surface area contributed by atoms with Crippen molar-refractivity contribution < 1.29 is 9.59 Å². The van der Waals surface area contributed by atoms with Gasteiger partial charge in [-0.25, -0.2) is 0 Å². The number of carbonyl (C=O) groups is 2. The average molecular weight is 281 g/mol. The van der Waals surface area contributed by atoms with Gasteiger partial charge in [-0.3, -0.25) is 9.59 Å². The minimum atomic E-state index is -0.0997. The van der Waals surface area contributed by atoms with Gasteiger partial charge in [0, 0.05) is 24.5 Å². The first kappa shape index (κ1) is 13.9. The molecule has 1 saturated heterocycles. The van der Waals surface area contributed by atoms with Gasteiger partial charge in [-0.15, -0.1) is 0 Å². The normalized spacial score (nSPS) is 14.8. The van der Waals surface area contributed by atoms with Gasteiger partial charge in [0.15, 0.2) is 0 Å². The fourth-order valence-electron chi connectivity index (χ4n) is 2.14. The molecule has 0 unspecified atom stereocenters. The van der Waals surface area contributed by atoms with Crippen LogP contribution < -0.4 is 5.32 Å². The van der Waals surface area contributed by atoms with Crippen molar-refractivity contribution >= 4 is 23.4 Å².